The molecule has 5 nitrogen and oxygen atoms in total. The Balaban J connectivity index is 2.33. The van der Waals surface area contributed by atoms with Gasteiger partial charge in [-0.15, -0.1) is 0 Å². The van der Waals surface area contributed by atoms with Crippen molar-refractivity contribution in [1.29, 1.82) is 0 Å². The Morgan fingerprint density at radius 1 is 1.16 bits per heavy atom. The molecule has 7 heteroatoms. The molecule has 1 heterocycles. The highest BCUT2D eigenvalue weighted by molar-refractivity contribution is 6.40. The monoisotopic (exact) mass is 303 g/mol. The van der Waals surface area contributed by atoms with Gasteiger partial charge in [0.05, 0.1) is 34.4 Å². The normalized spacial score (nSPS) is 15.4. The van der Waals surface area contributed by atoms with Crippen LogP contribution in [0.1, 0.15) is 20.7 Å². The second kappa shape index (κ2) is 5.77. The maximum Gasteiger partial charge on any atom is 0.335 e. The predicted molar refractivity (Wildman–Crippen MR) is 70.1 cm³/mol. The lowest BCUT2D eigenvalue weighted by Gasteiger charge is -2.27. The molecule has 19 heavy (non-hydrogen) atoms. The molecule has 0 atom stereocenters. The van der Waals surface area contributed by atoms with Crippen molar-refractivity contribution in [3.63, 3.8) is 0 Å². The quantitative estimate of drug-likeness (QED) is 0.909. The van der Waals surface area contributed by atoms with Crippen LogP contribution >= 0.6 is 23.2 Å². The number of halogens is 2. The zero-order valence-electron chi connectivity index (χ0n) is 9.86. The Bertz CT molecular complexity index is 503. The van der Waals surface area contributed by atoms with Crippen LogP contribution in [0.3, 0.4) is 0 Å². The number of ether oxygens (including phenoxy) is 1. The van der Waals surface area contributed by atoms with E-state index in [4.69, 9.17) is 33.0 Å². The summed E-state index contributed by atoms with van der Waals surface area (Å²) < 4.78 is 5.16. The fourth-order valence-corrected chi connectivity index (χ4v) is 2.47. The van der Waals surface area contributed by atoms with Crippen molar-refractivity contribution in [2.24, 2.45) is 0 Å². The van der Waals surface area contributed by atoms with Crippen molar-refractivity contribution in [2.45, 2.75) is 0 Å². The second-order valence-electron chi connectivity index (χ2n) is 4.02. The van der Waals surface area contributed by atoms with E-state index in [1.807, 2.05) is 0 Å². The lowest BCUT2D eigenvalue weighted by Crippen LogP contribution is -2.40. The lowest BCUT2D eigenvalue weighted by molar-refractivity contribution is 0.0303. The third-order valence-electron chi connectivity index (χ3n) is 2.80. The van der Waals surface area contributed by atoms with Gasteiger partial charge >= 0.3 is 5.97 Å². The minimum atomic E-state index is -1.14. The van der Waals surface area contributed by atoms with Crippen molar-refractivity contribution < 1.29 is 19.4 Å². The molecule has 1 N–H and O–H groups in total. The average Bonchev–Trinajstić information content (AvgIpc) is 2.38. The van der Waals surface area contributed by atoms with Gasteiger partial charge in [0, 0.05) is 13.1 Å². The number of rotatable bonds is 2. The molecule has 1 amide bonds. The van der Waals surface area contributed by atoms with Crippen LogP contribution in [0.5, 0.6) is 0 Å². The van der Waals surface area contributed by atoms with E-state index in [1.54, 1.807) is 4.90 Å². The Labute approximate surface area is 119 Å². The van der Waals surface area contributed by atoms with Crippen molar-refractivity contribution in [1.82, 2.24) is 4.90 Å². The van der Waals surface area contributed by atoms with Crippen molar-refractivity contribution in [3.8, 4) is 0 Å². The molecule has 0 spiro atoms. The van der Waals surface area contributed by atoms with Gasteiger partial charge < -0.3 is 14.7 Å². The maximum atomic E-state index is 12.3. The van der Waals surface area contributed by atoms with E-state index in [0.717, 1.165) is 0 Å². The number of hydrogen-bond donors (Lipinski definition) is 1. The smallest absolute Gasteiger partial charge is 0.335 e. The van der Waals surface area contributed by atoms with E-state index < -0.39 is 5.97 Å². The standard InChI is InChI=1S/C12H11Cl2NO4/c13-8-5-7(12(17)18)6-9(14)10(8)11(16)15-1-3-19-4-2-15/h5-6H,1-4H2,(H,17,18). The molecule has 0 aromatic heterocycles. The molecule has 0 bridgehead atoms. The second-order valence-corrected chi connectivity index (χ2v) is 4.84. The molecular weight excluding hydrogens is 293 g/mol. The Morgan fingerprint density at radius 3 is 2.16 bits per heavy atom. The summed E-state index contributed by atoms with van der Waals surface area (Å²) >= 11 is 11.9. The first-order chi connectivity index (χ1) is 9.00. The van der Waals surface area contributed by atoms with Crippen LogP contribution in [0.25, 0.3) is 0 Å². The molecule has 1 aromatic rings. The van der Waals surface area contributed by atoms with Crippen LogP contribution in [-0.4, -0.2) is 48.2 Å². The van der Waals surface area contributed by atoms with Crippen molar-refractivity contribution in [2.75, 3.05) is 26.3 Å². The number of aromatic carboxylic acids is 1. The maximum absolute atomic E-state index is 12.3. The highest BCUT2D eigenvalue weighted by atomic mass is 35.5. The summed E-state index contributed by atoms with van der Waals surface area (Å²) in [4.78, 5) is 24.7. The zero-order chi connectivity index (χ0) is 14.0. The van der Waals surface area contributed by atoms with Crippen LogP contribution in [-0.2, 0) is 4.74 Å². The summed E-state index contributed by atoms with van der Waals surface area (Å²) in [6.45, 7) is 1.86. The van der Waals surface area contributed by atoms with Crippen LogP contribution in [0.2, 0.25) is 10.0 Å². The number of morpholine rings is 1. The summed E-state index contributed by atoms with van der Waals surface area (Å²) in [5.74, 6) is -1.45. The third kappa shape index (κ3) is 3.00. The van der Waals surface area contributed by atoms with Gasteiger partial charge in [-0.3, -0.25) is 4.79 Å². The van der Waals surface area contributed by atoms with Crippen LogP contribution < -0.4 is 0 Å². The van der Waals surface area contributed by atoms with Gasteiger partial charge in [-0.25, -0.2) is 4.79 Å². The zero-order valence-corrected chi connectivity index (χ0v) is 11.4. The Morgan fingerprint density at radius 2 is 1.68 bits per heavy atom. The number of benzene rings is 1. The van der Waals surface area contributed by atoms with Gasteiger partial charge in [0.2, 0.25) is 0 Å². The molecule has 0 saturated carbocycles. The first-order valence-electron chi connectivity index (χ1n) is 5.60. The highest BCUT2D eigenvalue weighted by Gasteiger charge is 2.24. The summed E-state index contributed by atoms with van der Waals surface area (Å²) in [5.41, 5.74) is 0.0868. The van der Waals surface area contributed by atoms with Gasteiger partial charge in [0.1, 0.15) is 0 Å². The number of carboxylic acids is 1. The number of hydrogen-bond acceptors (Lipinski definition) is 3. The van der Waals surface area contributed by atoms with Crippen LogP contribution in [0, 0.1) is 0 Å². The molecule has 1 fully saturated rings. The molecule has 0 aliphatic carbocycles. The first-order valence-corrected chi connectivity index (χ1v) is 6.35. The van der Waals surface area contributed by atoms with E-state index in [2.05, 4.69) is 0 Å². The predicted octanol–water partition coefficient (Wildman–Crippen LogP) is 2.16. The number of carbonyl (C=O) groups is 2. The van der Waals surface area contributed by atoms with Gasteiger partial charge in [-0.05, 0) is 12.1 Å². The minimum absolute atomic E-state index is 0.0430. The lowest BCUT2D eigenvalue weighted by atomic mass is 10.1. The van der Waals surface area contributed by atoms with Crippen molar-refractivity contribution >= 4 is 35.1 Å². The molecule has 102 valence electrons. The Kier molecular flexibility index (Phi) is 4.29. The van der Waals surface area contributed by atoms with Gasteiger partial charge in [-0.2, -0.15) is 0 Å². The molecule has 1 saturated heterocycles. The van der Waals surface area contributed by atoms with E-state index in [0.29, 0.717) is 26.3 Å². The van der Waals surface area contributed by atoms with Crippen molar-refractivity contribution in [3.05, 3.63) is 33.3 Å². The third-order valence-corrected chi connectivity index (χ3v) is 3.40. The van der Waals surface area contributed by atoms with E-state index in [9.17, 15) is 9.59 Å². The molecular formula is C12H11Cl2NO4. The molecule has 1 aliphatic rings. The Hall–Kier alpha value is -1.30. The molecule has 2 rings (SSSR count). The average molecular weight is 304 g/mol. The summed E-state index contributed by atoms with van der Waals surface area (Å²) in [5, 5.41) is 8.97. The fraction of sp³-hybridized carbons (Fsp3) is 0.333. The van der Waals surface area contributed by atoms with E-state index in [-0.39, 0.29) is 27.1 Å². The molecule has 1 aromatic carbocycles. The largest absolute Gasteiger partial charge is 0.478 e. The van der Waals surface area contributed by atoms with E-state index >= 15 is 0 Å². The van der Waals surface area contributed by atoms with Gasteiger partial charge in [0.25, 0.3) is 5.91 Å². The number of carboxylic acid groups (broad SMARTS) is 1. The molecule has 0 unspecified atom stereocenters. The van der Waals surface area contributed by atoms with Gasteiger partial charge in [0.15, 0.2) is 0 Å². The van der Waals surface area contributed by atoms with Crippen LogP contribution in [0.4, 0.5) is 0 Å². The van der Waals surface area contributed by atoms with E-state index in [1.165, 1.54) is 12.1 Å². The minimum Gasteiger partial charge on any atom is -0.478 e. The first kappa shape index (κ1) is 14.1. The SMILES string of the molecule is O=C(O)c1cc(Cl)c(C(=O)N2CCOCC2)c(Cl)c1. The summed E-state index contributed by atoms with van der Waals surface area (Å²) in [6.07, 6.45) is 0. The molecule has 1 aliphatic heterocycles. The van der Waals surface area contributed by atoms with Gasteiger partial charge in [-0.1, -0.05) is 23.2 Å². The highest BCUT2D eigenvalue weighted by Crippen LogP contribution is 2.28. The fourth-order valence-electron chi connectivity index (χ4n) is 1.83. The summed E-state index contributed by atoms with van der Waals surface area (Å²) in [7, 11) is 0. The topological polar surface area (TPSA) is 66.8 Å². The number of amides is 1. The number of nitrogens with zero attached hydrogens (tertiary/aromatic N) is 1. The summed E-state index contributed by atoms with van der Waals surface area (Å²) in [6, 6.07) is 2.45. The number of carbonyl (C=O) groups excluding carboxylic acids is 1. The van der Waals surface area contributed by atoms with Crippen LogP contribution in [0.15, 0.2) is 12.1 Å². The molecule has 0 radical (unpaired) electrons.